The highest BCUT2D eigenvalue weighted by Crippen LogP contribution is 2.21. The van der Waals surface area contributed by atoms with E-state index in [1.807, 2.05) is 6.07 Å². The van der Waals surface area contributed by atoms with Crippen LogP contribution in [0.15, 0.2) is 82.0 Å². The summed E-state index contributed by atoms with van der Waals surface area (Å²) in [5, 5.41) is 3.81. The van der Waals surface area contributed by atoms with Crippen LogP contribution >= 0.6 is 11.6 Å². The predicted molar refractivity (Wildman–Crippen MR) is 116 cm³/mol. The molecule has 1 amide bonds. The van der Waals surface area contributed by atoms with Crippen molar-refractivity contribution in [1.82, 2.24) is 4.98 Å². The second-order valence-corrected chi connectivity index (χ2v) is 7.04. The number of hydrogen-bond acceptors (Lipinski definition) is 5. The number of nitrogens with zero attached hydrogens (tertiary/aromatic N) is 1. The lowest BCUT2D eigenvalue weighted by Crippen LogP contribution is -2.30. The molecule has 0 aliphatic rings. The van der Waals surface area contributed by atoms with Crippen molar-refractivity contribution in [2.45, 2.75) is 13.0 Å². The van der Waals surface area contributed by atoms with Crippen molar-refractivity contribution in [2.75, 3.05) is 5.32 Å². The highest BCUT2D eigenvalue weighted by atomic mass is 35.5. The first-order valence-electron chi connectivity index (χ1n) is 9.23. The Morgan fingerprint density at radius 1 is 1.03 bits per heavy atom. The summed E-state index contributed by atoms with van der Waals surface area (Å²) in [6.07, 6.45) is -0.703. The summed E-state index contributed by atoms with van der Waals surface area (Å²) in [5.74, 6) is 0.471. The van der Waals surface area contributed by atoms with Gasteiger partial charge in [0.25, 0.3) is 5.91 Å². The molecule has 30 heavy (non-hydrogen) atoms. The molecule has 0 radical (unpaired) electrons. The number of halogens is 1. The Hall–Kier alpha value is -3.64. The van der Waals surface area contributed by atoms with Gasteiger partial charge in [-0.25, -0.2) is 9.78 Å². The third-order valence-corrected chi connectivity index (χ3v) is 4.68. The van der Waals surface area contributed by atoms with Gasteiger partial charge >= 0.3 is 5.63 Å². The van der Waals surface area contributed by atoms with Crippen LogP contribution in [0.2, 0.25) is 5.02 Å². The normalized spacial score (nSPS) is 11.8. The van der Waals surface area contributed by atoms with E-state index in [1.54, 1.807) is 73.7 Å². The fraction of sp³-hybridized carbons (Fsp3) is 0.0870. The Labute approximate surface area is 177 Å². The topological polar surface area (TPSA) is 81.4 Å². The molecule has 0 aliphatic carbocycles. The van der Waals surface area contributed by atoms with Crippen LogP contribution in [0.25, 0.3) is 22.4 Å². The molecule has 3 aromatic carbocycles. The molecule has 0 saturated heterocycles. The maximum absolute atomic E-state index is 12.4. The van der Waals surface area contributed by atoms with Gasteiger partial charge in [0.15, 0.2) is 6.10 Å². The number of ether oxygens (including phenoxy) is 1. The third-order valence-electron chi connectivity index (χ3n) is 4.43. The van der Waals surface area contributed by atoms with Crippen LogP contribution in [0.5, 0.6) is 5.75 Å². The van der Waals surface area contributed by atoms with E-state index in [1.165, 1.54) is 0 Å². The molecule has 4 rings (SSSR count). The Morgan fingerprint density at radius 3 is 2.47 bits per heavy atom. The van der Waals surface area contributed by atoms with Crippen molar-refractivity contribution in [3.63, 3.8) is 0 Å². The zero-order valence-electron chi connectivity index (χ0n) is 16.0. The number of para-hydroxylation sites is 1. The lowest BCUT2D eigenvalue weighted by Gasteiger charge is -2.15. The quantitative estimate of drug-likeness (QED) is 0.496. The number of amides is 1. The number of aromatic nitrogens is 1. The van der Waals surface area contributed by atoms with Crippen LogP contribution in [0, 0.1) is 0 Å². The van der Waals surface area contributed by atoms with Gasteiger partial charge in [-0.05, 0) is 67.6 Å². The first-order chi connectivity index (χ1) is 14.5. The van der Waals surface area contributed by atoms with E-state index in [2.05, 4.69) is 10.3 Å². The minimum Gasteiger partial charge on any atom is -0.481 e. The summed E-state index contributed by atoms with van der Waals surface area (Å²) in [6.45, 7) is 1.66. The average molecular weight is 421 g/mol. The van der Waals surface area contributed by atoms with Gasteiger partial charge in [-0.15, -0.1) is 0 Å². The second-order valence-electron chi connectivity index (χ2n) is 6.60. The molecular formula is C23H17ClN2O4. The van der Waals surface area contributed by atoms with Crippen LogP contribution in [0.3, 0.4) is 0 Å². The molecule has 0 fully saturated rings. The van der Waals surface area contributed by atoms with E-state index in [-0.39, 0.29) is 11.8 Å². The van der Waals surface area contributed by atoms with E-state index in [0.717, 1.165) is 0 Å². The highest BCUT2D eigenvalue weighted by Gasteiger charge is 2.15. The number of rotatable bonds is 5. The maximum atomic E-state index is 12.4. The van der Waals surface area contributed by atoms with Gasteiger partial charge in [-0.1, -0.05) is 23.7 Å². The minimum absolute atomic E-state index is 0.219. The molecule has 1 atom stereocenters. The van der Waals surface area contributed by atoms with E-state index >= 15 is 0 Å². The smallest absolute Gasteiger partial charge is 0.347 e. The fourth-order valence-corrected chi connectivity index (χ4v) is 2.98. The van der Waals surface area contributed by atoms with Crippen molar-refractivity contribution >= 4 is 34.1 Å². The second kappa shape index (κ2) is 8.39. The summed E-state index contributed by atoms with van der Waals surface area (Å²) in [4.78, 5) is 28.9. The Balaban J connectivity index is 1.46. The molecule has 1 N–H and O–H groups in total. The van der Waals surface area contributed by atoms with Crippen molar-refractivity contribution < 1.29 is 13.9 Å². The standard InChI is InChI=1S/C23H17ClN2O4/c1-14(29-18-12-8-16(24)9-13-18)21(27)25-17-10-6-15(7-11-17)22-26-20-5-3-2-4-19(20)23(28)30-22/h2-14H,1H3,(H,25,27). The molecule has 1 aromatic heterocycles. The molecule has 1 heterocycles. The molecule has 1 unspecified atom stereocenters. The number of nitrogens with one attached hydrogen (secondary N) is 1. The number of carbonyl (C=O) groups excluding carboxylic acids is 1. The Morgan fingerprint density at radius 2 is 1.73 bits per heavy atom. The van der Waals surface area contributed by atoms with E-state index in [9.17, 15) is 9.59 Å². The van der Waals surface area contributed by atoms with Gasteiger partial charge in [-0.3, -0.25) is 4.79 Å². The average Bonchev–Trinajstić information content (AvgIpc) is 2.76. The predicted octanol–water partition coefficient (Wildman–Crippen LogP) is 4.91. The van der Waals surface area contributed by atoms with Crippen LogP contribution in [-0.4, -0.2) is 17.0 Å². The summed E-state index contributed by atoms with van der Waals surface area (Å²) in [6, 6.07) is 20.6. The lowest BCUT2D eigenvalue weighted by molar-refractivity contribution is -0.122. The number of fused-ring (bicyclic) bond motifs is 1. The van der Waals surface area contributed by atoms with Crippen molar-refractivity contribution in [3.8, 4) is 17.2 Å². The summed E-state index contributed by atoms with van der Waals surface area (Å²) in [5.41, 5.74) is 1.33. The van der Waals surface area contributed by atoms with E-state index < -0.39 is 11.7 Å². The van der Waals surface area contributed by atoms with Crippen LogP contribution in [0.1, 0.15) is 6.92 Å². The van der Waals surface area contributed by atoms with Crippen molar-refractivity contribution in [3.05, 3.63) is 88.2 Å². The van der Waals surface area contributed by atoms with Crippen molar-refractivity contribution in [2.24, 2.45) is 0 Å². The molecule has 0 saturated carbocycles. The summed E-state index contributed by atoms with van der Waals surface area (Å²) >= 11 is 5.85. The molecule has 7 heteroatoms. The zero-order valence-corrected chi connectivity index (χ0v) is 16.7. The summed E-state index contributed by atoms with van der Waals surface area (Å²) < 4.78 is 10.9. The van der Waals surface area contributed by atoms with Gasteiger partial charge < -0.3 is 14.5 Å². The molecule has 0 bridgehead atoms. The molecule has 0 spiro atoms. The van der Waals surface area contributed by atoms with Gasteiger partial charge in [0.2, 0.25) is 5.89 Å². The minimum atomic E-state index is -0.703. The largest absolute Gasteiger partial charge is 0.481 e. The highest BCUT2D eigenvalue weighted by molar-refractivity contribution is 6.30. The zero-order chi connectivity index (χ0) is 21.1. The Bertz CT molecular complexity index is 1250. The van der Waals surface area contributed by atoms with Crippen LogP contribution < -0.4 is 15.7 Å². The number of benzene rings is 3. The lowest BCUT2D eigenvalue weighted by atomic mass is 10.2. The van der Waals surface area contributed by atoms with E-state index in [0.29, 0.717) is 32.9 Å². The number of hydrogen-bond donors (Lipinski definition) is 1. The van der Waals surface area contributed by atoms with Crippen molar-refractivity contribution in [1.29, 1.82) is 0 Å². The SMILES string of the molecule is CC(Oc1ccc(Cl)cc1)C(=O)Nc1ccc(-c2nc3ccccc3c(=O)o2)cc1. The van der Waals surface area contributed by atoms with Gasteiger partial charge in [0, 0.05) is 16.3 Å². The first-order valence-corrected chi connectivity index (χ1v) is 9.61. The van der Waals surface area contributed by atoms with Crippen LogP contribution in [0.4, 0.5) is 5.69 Å². The maximum Gasteiger partial charge on any atom is 0.347 e. The monoisotopic (exact) mass is 420 g/mol. The molecule has 4 aromatic rings. The van der Waals surface area contributed by atoms with Crippen LogP contribution in [-0.2, 0) is 4.79 Å². The van der Waals surface area contributed by atoms with Gasteiger partial charge in [0.05, 0.1) is 10.9 Å². The Kier molecular flexibility index (Phi) is 5.50. The van der Waals surface area contributed by atoms with Gasteiger partial charge in [-0.2, -0.15) is 0 Å². The molecule has 6 nitrogen and oxygen atoms in total. The summed E-state index contributed by atoms with van der Waals surface area (Å²) in [7, 11) is 0. The number of carbonyl (C=O) groups is 1. The molecule has 150 valence electrons. The molecular weight excluding hydrogens is 404 g/mol. The van der Waals surface area contributed by atoms with E-state index in [4.69, 9.17) is 20.8 Å². The molecule has 0 aliphatic heterocycles. The number of anilines is 1. The van der Waals surface area contributed by atoms with Gasteiger partial charge in [0.1, 0.15) is 5.75 Å². The first kappa shape index (κ1) is 19.7. The third kappa shape index (κ3) is 4.34. The fourth-order valence-electron chi connectivity index (χ4n) is 2.85.